The van der Waals surface area contributed by atoms with Gasteiger partial charge in [0.1, 0.15) is 11.5 Å². The monoisotopic (exact) mass is 288 g/mol. The molecule has 2 N–H and O–H groups in total. The van der Waals surface area contributed by atoms with Crippen LogP contribution in [0.1, 0.15) is 16.7 Å². The zero-order chi connectivity index (χ0) is 15.1. The molecule has 0 unspecified atom stereocenters. The van der Waals surface area contributed by atoms with E-state index in [1.165, 1.54) is 5.56 Å². The molecule has 0 heterocycles. The maximum atomic E-state index is 9.34. The van der Waals surface area contributed by atoms with Crippen LogP contribution in [0.25, 0.3) is 0 Å². The van der Waals surface area contributed by atoms with Crippen LogP contribution in [-0.4, -0.2) is 24.1 Å². The first-order valence-electron chi connectivity index (χ1n) is 6.86. The summed E-state index contributed by atoms with van der Waals surface area (Å²) in [5, 5.41) is 18.1. The number of hydrogen-bond acceptors (Lipinski definition) is 4. The molecular formula is C17H20O4. The fraction of sp³-hybridized carbons (Fsp3) is 0.294. The third-order valence-corrected chi connectivity index (χ3v) is 3.38. The molecule has 0 aromatic heterocycles. The van der Waals surface area contributed by atoms with Gasteiger partial charge in [-0.15, -0.1) is 0 Å². The largest absolute Gasteiger partial charge is 0.497 e. The van der Waals surface area contributed by atoms with Gasteiger partial charge in [-0.3, -0.25) is 0 Å². The van der Waals surface area contributed by atoms with Gasteiger partial charge in [0.2, 0.25) is 0 Å². The van der Waals surface area contributed by atoms with Crippen molar-refractivity contribution >= 4 is 0 Å². The first-order chi connectivity index (χ1) is 10.3. The summed E-state index contributed by atoms with van der Waals surface area (Å²) in [6.45, 7) is -0.496. The highest BCUT2D eigenvalue weighted by molar-refractivity contribution is 5.37. The van der Waals surface area contributed by atoms with Gasteiger partial charge in [0.25, 0.3) is 0 Å². The first kappa shape index (κ1) is 15.4. The second kappa shape index (κ2) is 7.67. The fourth-order valence-electron chi connectivity index (χ4n) is 2.20. The number of benzene rings is 2. The Balaban J connectivity index is 2.01. The van der Waals surface area contributed by atoms with E-state index in [9.17, 15) is 5.11 Å². The topological polar surface area (TPSA) is 58.9 Å². The van der Waals surface area contributed by atoms with E-state index in [-0.39, 0.29) is 6.61 Å². The van der Waals surface area contributed by atoms with Crippen LogP contribution in [-0.2, 0) is 19.4 Å². The van der Waals surface area contributed by atoms with Gasteiger partial charge in [0, 0.05) is 5.56 Å². The molecule has 2 aromatic carbocycles. The molecule has 0 aliphatic rings. The molecule has 0 aliphatic heterocycles. The van der Waals surface area contributed by atoms with Gasteiger partial charge in [-0.2, -0.15) is 0 Å². The Labute approximate surface area is 124 Å². The summed E-state index contributed by atoms with van der Waals surface area (Å²) in [7, 11) is 1.65. The normalized spacial score (nSPS) is 10.4. The molecule has 112 valence electrons. The highest BCUT2D eigenvalue weighted by Crippen LogP contribution is 2.21. The van der Waals surface area contributed by atoms with Gasteiger partial charge in [0.15, 0.2) is 6.79 Å². The lowest BCUT2D eigenvalue weighted by Crippen LogP contribution is -2.00. The van der Waals surface area contributed by atoms with Gasteiger partial charge >= 0.3 is 0 Å². The predicted octanol–water partition coefficient (Wildman–Crippen LogP) is 2.30. The van der Waals surface area contributed by atoms with Gasteiger partial charge in [0.05, 0.1) is 13.7 Å². The Morgan fingerprint density at radius 2 is 1.57 bits per heavy atom. The van der Waals surface area contributed by atoms with E-state index < -0.39 is 6.79 Å². The van der Waals surface area contributed by atoms with Crippen LogP contribution in [0.4, 0.5) is 0 Å². The summed E-state index contributed by atoms with van der Waals surface area (Å²) >= 11 is 0. The Morgan fingerprint density at radius 1 is 0.905 bits per heavy atom. The third kappa shape index (κ3) is 4.21. The molecule has 0 saturated carbocycles. The molecular weight excluding hydrogens is 268 g/mol. The van der Waals surface area contributed by atoms with Crippen molar-refractivity contribution in [3.63, 3.8) is 0 Å². The standard InChI is InChI=1S/C17H20O4/c1-20-16-7-4-13(5-8-16)2-3-14-6-9-17(21-12-19)15(10-14)11-18/h4-10,18-19H,2-3,11-12H2,1H3. The van der Waals surface area contributed by atoms with Crippen molar-refractivity contribution < 1.29 is 19.7 Å². The van der Waals surface area contributed by atoms with Crippen molar-refractivity contribution in [2.45, 2.75) is 19.4 Å². The summed E-state index contributed by atoms with van der Waals surface area (Å²) in [6.07, 6.45) is 1.79. The summed E-state index contributed by atoms with van der Waals surface area (Å²) in [6, 6.07) is 13.6. The second-order valence-electron chi connectivity index (χ2n) is 4.72. The number of hydrogen-bond donors (Lipinski definition) is 2. The Morgan fingerprint density at radius 3 is 2.19 bits per heavy atom. The van der Waals surface area contributed by atoms with Crippen LogP contribution in [0.5, 0.6) is 11.5 Å². The zero-order valence-corrected chi connectivity index (χ0v) is 12.1. The first-order valence-corrected chi connectivity index (χ1v) is 6.86. The highest BCUT2D eigenvalue weighted by Gasteiger charge is 2.05. The van der Waals surface area contributed by atoms with E-state index in [1.807, 2.05) is 24.3 Å². The van der Waals surface area contributed by atoms with Gasteiger partial charge in [-0.05, 0) is 48.2 Å². The lowest BCUT2D eigenvalue weighted by molar-refractivity contribution is 0.0959. The molecule has 4 nitrogen and oxygen atoms in total. The van der Waals surface area contributed by atoms with E-state index in [2.05, 4.69) is 12.1 Å². The number of rotatable bonds is 7. The molecule has 0 amide bonds. The minimum absolute atomic E-state index is 0.105. The number of aliphatic hydroxyl groups is 2. The maximum Gasteiger partial charge on any atom is 0.186 e. The Hall–Kier alpha value is -2.04. The predicted molar refractivity (Wildman–Crippen MR) is 80.5 cm³/mol. The molecule has 0 bridgehead atoms. The number of aliphatic hydroxyl groups excluding tert-OH is 2. The Bertz CT molecular complexity index is 564. The van der Waals surface area contributed by atoms with E-state index in [4.69, 9.17) is 14.6 Å². The Kier molecular flexibility index (Phi) is 5.60. The second-order valence-corrected chi connectivity index (χ2v) is 4.72. The minimum Gasteiger partial charge on any atom is -0.497 e. The van der Waals surface area contributed by atoms with Crippen molar-refractivity contribution in [3.8, 4) is 11.5 Å². The van der Waals surface area contributed by atoms with Crippen molar-refractivity contribution in [1.82, 2.24) is 0 Å². The molecule has 0 aliphatic carbocycles. The highest BCUT2D eigenvalue weighted by atomic mass is 16.6. The van der Waals surface area contributed by atoms with Crippen molar-refractivity contribution in [2.24, 2.45) is 0 Å². The summed E-state index contributed by atoms with van der Waals surface area (Å²) in [4.78, 5) is 0. The minimum atomic E-state index is -0.391. The molecule has 0 atom stereocenters. The molecule has 2 rings (SSSR count). The lowest BCUT2D eigenvalue weighted by atomic mass is 10.0. The van der Waals surface area contributed by atoms with E-state index in [0.717, 1.165) is 24.2 Å². The molecule has 21 heavy (non-hydrogen) atoms. The lowest BCUT2D eigenvalue weighted by Gasteiger charge is -2.10. The smallest absolute Gasteiger partial charge is 0.186 e. The molecule has 2 aromatic rings. The molecule has 4 heteroatoms. The van der Waals surface area contributed by atoms with E-state index >= 15 is 0 Å². The van der Waals surface area contributed by atoms with Crippen LogP contribution in [0, 0.1) is 0 Å². The summed E-state index contributed by atoms with van der Waals surface area (Å²) in [5.41, 5.74) is 3.05. The number of methoxy groups -OCH3 is 1. The van der Waals surface area contributed by atoms with Gasteiger partial charge in [-0.25, -0.2) is 0 Å². The van der Waals surface area contributed by atoms with Crippen LogP contribution in [0.3, 0.4) is 0 Å². The zero-order valence-electron chi connectivity index (χ0n) is 12.1. The van der Waals surface area contributed by atoms with Crippen molar-refractivity contribution in [3.05, 3.63) is 59.2 Å². The third-order valence-electron chi connectivity index (χ3n) is 3.38. The van der Waals surface area contributed by atoms with E-state index in [0.29, 0.717) is 11.3 Å². The van der Waals surface area contributed by atoms with Crippen LogP contribution < -0.4 is 9.47 Å². The number of ether oxygens (including phenoxy) is 2. The average Bonchev–Trinajstić information content (AvgIpc) is 2.54. The van der Waals surface area contributed by atoms with Crippen LogP contribution in [0.2, 0.25) is 0 Å². The fourth-order valence-corrected chi connectivity index (χ4v) is 2.20. The summed E-state index contributed by atoms with van der Waals surface area (Å²) in [5.74, 6) is 1.38. The quantitative estimate of drug-likeness (QED) is 0.768. The molecule has 0 saturated heterocycles. The van der Waals surface area contributed by atoms with Crippen LogP contribution in [0.15, 0.2) is 42.5 Å². The maximum absolute atomic E-state index is 9.34. The SMILES string of the molecule is COc1ccc(CCc2ccc(OCO)c(CO)c2)cc1. The van der Waals surface area contributed by atoms with Gasteiger partial charge in [-0.1, -0.05) is 18.2 Å². The number of aryl methyl sites for hydroxylation is 2. The van der Waals surface area contributed by atoms with Gasteiger partial charge < -0.3 is 19.7 Å². The summed E-state index contributed by atoms with van der Waals surface area (Å²) < 4.78 is 10.2. The van der Waals surface area contributed by atoms with Crippen LogP contribution >= 0.6 is 0 Å². The molecule has 0 fully saturated rings. The molecule has 0 radical (unpaired) electrons. The average molecular weight is 288 g/mol. The van der Waals surface area contributed by atoms with Crippen molar-refractivity contribution in [2.75, 3.05) is 13.9 Å². The van der Waals surface area contributed by atoms with E-state index in [1.54, 1.807) is 13.2 Å². The molecule has 0 spiro atoms. The van der Waals surface area contributed by atoms with Crippen molar-refractivity contribution in [1.29, 1.82) is 0 Å².